The van der Waals surface area contributed by atoms with E-state index in [0.717, 1.165) is 5.56 Å². The number of nitro benzene ring substituents is 1. The summed E-state index contributed by atoms with van der Waals surface area (Å²) in [6.45, 7) is 1.58. The van der Waals surface area contributed by atoms with Crippen LogP contribution in [-0.4, -0.2) is 23.7 Å². The van der Waals surface area contributed by atoms with E-state index in [1.807, 2.05) is 6.92 Å². The highest BCUT2D eigenvalue weighted by molar-refractivity contribution is 6.32. The highest BCUT2D eigenvalue weighted by Crippen LogP contribution is 2.28. The molecule has 9 heteroatoms. The SMILES string of the molecule is Cc1ccc([N+](=O)[O-])cc1-c1ccc(/C=N\NC(=O)COc2ccccc2Cl)o1. The van der Waals surface area contributed by atoms with Crippen molar-refractivity contribution in [3.63, 3.8) is 0 Å². The first kappa shape index (κ1) is 20.1. The number of furan rings is 1. The van der Waals surface area contributed by atoms with Crippen LogP contribution in [0.1, 0.15) is 11.3 Å². The van der Waals surface area contributed by atoms with Gasteiger partial charge in [0.25, 0.3) is 11.6 Å². The van der Waals surface area contributed by atoms with E-state index >= 15 is 0 Å². The number of nitrogens with zero attached hydrogens (tertiary/aromatic N) is 2. The maximum Gasteiger partial charge on any atom is 0.277 e. The van der Waals surface area contributed by atoms with E-state index in [0.29, 0.717) is 27.9 Å². The molecule has 1 aromatic heterocycles. The van der Waals surface area contributed by atoms with E-state index in [2.05, 4.69) is 10.5 Å². The molecule has 0 radical (unpaired) electrons. The summed E-state index contributed by atoms with van der Waals surface area (Å²) >= 11 is 5.95. The summed E-state index contributed by atoms with van der Waals surface area (Å²) in [6.07, 6.45) is 1.32. The molecular formula is C20H16ClN3O5. The van der Waals surface area contributed by atoms with Gasteiger partial charge in [0.2, 0.25) is 0 Å². The molecule has 0 spiro atoms. The van der Waals surface area contributed by atoms with Crippen LogP contribution in [0.15, 0.2) is 64.1 Å². The van der Waals surface area contributed by atoms with Gasteiger partial charge in [-0.1, -0.05) is 29.8 Å². The second-order valence-corrected chi connectivity index (χ2v) is 6.38. The molecule has 1 heterocycles. The molecule has 0 atom stereocenters. The summed E-state index contributed by atoms with van der Waals surface area (Å²) in [5, 5.41) is 15.2. The number of hydrogen-bond donors (Lipinski definition) is 1. The van der Waals surface area contributed by atoms with Crippen LogP contribution < -0.4 is 10.2 Å². The average Bonchev–Trinajstić information content (AvgIpc) is 3.16. The van der Waals surface area contributed by atoms with E-state index in [1.54, 1.807) is 42.5 Å². The molecule has 148 valence electrons. The molecule has 0 fully saturated rings. The van der Waals surface area contributed by atoms with Gasteiger partial charge in [0.1, 0.15) is 17.3 Å². The Bertz CT molecular complexity index is 1080. The molecule has 0 saturated carbocycles. The number of aryl methyl sites for hydroxylation is 1. The van der Waals surface area contributed by atoms with Crippen molar-refractivity contribution in [2.45, 2.75) is 6.92 Å². The third-order valence-corrected chi connectivity index (χ3v) is 4.21. The molecule has 3 aromatic rings. The topological polar surface area (TPSA) is 107 Å². The first-order chi connectivity index (χ1) is 13.9. The Kier molecular flexibility index (Phi) is 6.25. The highest BCUT2D eigenvalue weighted by atomic mass is 35.5. The van der Waals surface area contributed by atoms with Gasteiger partial charge in [0.15, 0.2) is 6.61 Å². The van der Waals surface area contributed by atoms with Gasteiger partial charge in [-0.3, -0.25) is 14.9 Å². The maximum absolute atomic E-state index is 11.8. The van der Waals surface area contributed by atoms with Gasteiger partial charge in [-0.05, 0) is 36.8 Å². The first-order valence-corrected chi connectivity index (χ1v) is 8.86. The second kappa shape index (κ2) is 9.03. The molecule has 0 bridgehead atoms. The number of benzene rings is 2. The van der Waals surface area contributed by atoms with Gasteiger partial charge in [-0.2, -0.15) is 5.10 Å². The van der Waals surface area contributed by atoms with Crippen molar-refractivity contribution in [2.75, 3.05) is 6.61 Å². The molecule has 29 heavy (non-hydrogen) atoms. The number of halogens is 1. The summed E-state index contributed by atoms with van der Waals surface area (Å²) in [6, 6.07) is 14.7. The summed E-state index contributed by atoms with van der Waals surface area (Å²) in [5.74, 6) is 0.762. The van der Waals surface area contributed by atoms with Crippen molar-refractivity contribution in [1.29, 1.82) is 0 Å². The second-order valence-electron chi connectivity index (χ2n) is 5.97. The Hall–Kier alpha value is -3.65. The largest absolute Gasteiger partial charge is 0.482 e. The van der Waals surface area contributed by atoms with E-state index in [4.69, 9.17) is 20.8 Å². The minimum absolute atomic E-state index is 0.0250. The summed E-state index contributed by atoms with van der Waals surface area (Å²) in [7, 11) is 0. The van der Waals surface area contributed by atoms with Crippen LogP contribution in [0.5, 0.6) is 5.75 Å². The number of carbonyl (C=O) groups excluding carboxylic acids is 1. The third kappa shape index (κ3) is 5.20. The number of hydrogen-bond acceptors (Lipinski definition) is 6. The zero-order valence-electron chi connectivity index (χ0n) is 15.3. The van der Waals surface area contributed by atoms with Crippen LogP contribution in [0.2, 0.25) is 5.02 Å². The van der Waals surface area contributed by atoms with Gasteiger partial charge in [-0.15, -0.1) is 0 Å². The van der Waals surface area contributed by atoms with Crippen LogP contribution in [-0.2, 0) is 4.79 Å². The Morgan fingerprint density at radius 1 is 1.28 bits per heavy atom. The summed E-state index contributed by atoms with van der Waals surface area (Å²) in [5.41, 5.74) is 3.73. The summed E-state index contributed by atoms with van der Waals surface area (Å²) in [4.78, 5) is 22.3. The standard InChI is InChI=1S/C20H16ClN3O5/c1-13-6-7-14(24(26)27)10-16(13)18-9-8-15(29-18)11-22-23-20(25)12-28-19-5-3-2-4-17(19)21/h2-11H,12H2,1H3,(H,23,25)/b22-11-. The van der Waals surface area contributed by atoms with Crippen molar-refractivity contribution >= 4 is 29.4 Å². The van der Waals surface area contributed by atoms with Crippen molar-refractivity contribution in [3.8, 4) is 17.1 Å². The van der Waals surface area contributed by atoms with E-state index in [-0.39, 0.29) is 12.3 Å². The third-order valence-electron chi connectivity index (χ3n) is 3.90. The number of ether oxygens (including phenoxy) is 1. The minimum Gasteiger partial charge on any atom is -0.482 e. The number of hydrazone groups is 1. The molecule has 2 aromatic carbocycles. The molecule has 0 unspecified atom stereocenters. The van der Waals surface area contributed by atoms with Crippen LogP contribution in [0.3, 0.4) is 0 Å². The average molecular weight is 414 g/mol. The molecule has 0 aliphatic rings. The van der Waals surface area contributed by atoms with Crippen molar-refractivity contribution in [1.82, 2.24) is 5.43 Å². The lowest BCUT2D eigenvalue weighted by molar-refractivity contribution is -0.384. The predicted molar refractivity (Wildman–Crippen MR) is 108 cm³/mol. The molecular weight excluding hydrogens is 398 g/mol. The quantitative estimate of drug-likeness (QED) is 0.352. The number of amides is 1. The number of nitro groups is 1. The number of non-ortho nitro benzene ring substituents is 1. The van der Waals surface area contributed by atoms with Gasteiger partial charge in [-0.25, -0.2) is 5.43 Å². The molecule has 0 aliphatic heterocycles. The van der Waals surface area contributed by atoms with Crippen LogP contribution in [0, 0.1) is 17.0 Å². The number of rotatable bonds is 7. The first-order valence-electron chi connectivity index (χ1n) is 8.48. The molecule has 8 nitrogen and oxygen atoms in total. The molecule has 3 rings (SSSR count). The van der Waals surface area contributed by atoms with Gasteiger partial charge < -0.3 is 9.15 Å². The Labute approximate surface area is 170 Å². The highest BCUT2D eigenvalue weighted by Gasteiger charge is 2.13. The lowest BCUT2D eigenvalue weighted by Crippen LogP contribution is -2.24. The Balaban J connectivity index is 1.59. The molecule has 1 amide bonds. The molecule has 0 saturated heterocycles. The fraction of sp³-hybridized carbons (Fsp3) is 0.100. The Morgan fingerprint density at radius 2 is 2.07 bits per heavy atom. The lowest BCUT2D eigenvalue weighted by Gasteiger charge is -2.06. The van der Waals surface area contributed by atoms with E-state index in [1.165, 1.54) is 18.3 Å². The number of para-hydroxylation sites is 1. The molecule has 0 aliphatic carbocycles. The van der Waals surface area contributed by atoms with Gasteiger partial charge in [0.05, 0.1) is 16.2 Å². The monoisotopic (exact) mass is 413 g/mol. The van der Waals surface area contributed by atoms with E-state index < -0.39 is 10.8 Å². The van der Waals surface area contributed by atoms with Crippen LogP contribution >= 0.6 is 11.6 Å². The maximum atomic E-state index is 11.8. The van der Waals surface area contributed by atoms with Gasteiger partial charge >= 0.3 is 0 Å². The Morgan fingerprint density at radius 3 is 2.83 bits per heavy atom. The van der Waals surface area contributed by atoms with Crippen molar-refractivity contribution in [3.05, 3.63) is 81.1 Å². The van der Waals surface area contributed by atoms with Crippen LogP contribution in [0.25, 0.3) is 11.3 Å². The molecule has 1 N–H and O–H groups in total. The zero-order valence-corrected chi connectivity index (χ0v) is 16.1. The smallest absolute Gasteiger partial charge is 0.277 e. The minimum atomic E-state index is -0.470. The van der Waals surface area contributed by atoms with E-state index in [9.17, 15) is 14.9 Å². The van der Waals surface area contributed by atoms with Crippen molar-refractivity contribution in [2.24, 2.45) is 5.10 Å². The fourth-order valence-electron chi connectivity index (χ4n) is 2.46. The summed E-state index contributed by atoms with van der Waals surface area (Å²) < 4.78 is 11.0. The van der Waals surface area contributed by atoms with Crippen molar-refractivity contribution < 1.29 is 18.9 Å². The number of nitrogens with one attached hydrogen (secondary N) is 1. The zero-order chi connectivity index (χ0) is 20.8. The predicted octanol–water partition coefficient (Wildman–Crippen LogP) is 4.35. The number of carbonyl (C=O) groups is 1. The van der Waals surface area contributed by atoms with Crippen LogP contribution in [0.4, 0.5) is 5.69 Å². The fourth-order valence-corrected chi connectivity index (χ4v) is 2.65. The van der Waals surface area contributed by atoms with Gasteiger partial charge in [0, 0.05) is 17.7 Å². The normalized spacial score (nSPS) is 10.8. The lowest BCUT2D eigenvalue weighted by atomic mass is 10.1.